The Kier molecular flexibility index (Phi) is 4.87. The van der Waals surface area contributed by atoms with Crippen molar-refractivity contribution in [2.75, 3.05) is 13.2 Å². The first-order chi connectivity index (χ1) is 9.37. The van der Waals surface area contributed by atoms with Crippen LogP contribution in [0.4, 0.5) is 0 Å². The third-order valence-corrected chi connectivity index (χ3v) is 4.20. The second-order valence-electron chi connectivity index (χ2n) is 7.17. The van der Waals surface area contributed by atoms with Crippen molar-refractivity contribution >= 4 is 0 Å². The first-order valence-electron chi connectivity index (χ1n) is 7.80. The average Bonchev–Trinajstić information content (AvgIpc) is 2.39. The van der Waals surface area contributed by atoms with Gasteiger partial charge in [-0.1, -0.05) is 18.2 Å². The van der Waals surface area contributed by atoms with Gasteiger partial charge >= 0.3 is 0 Å². The van der Waals surface area contributed by atoms with E-state index in [4.69, 9.17) is 4.74 Å². The van der Waals surface area contributed by atoms with Gasteiger partial charge in [0, 0.05) is 24.6 Å². The third kappa shape index (κ3) is 4.07. The molecule has 1 N–H and O–H groups in total. The molecule has 1 heterocycles. The Morgan fingerprint density at radius 3 is 2.60 bits per heavy atom. The fourth-order valence-electron chi connectivity index (χ4n) is 2.80. The normalized spacial score (nSPS) is 23.9. The highest BCUT2D eigenvalue weighted by atomic mass is 16.5. The van der Waals surface area contributed by atoms with Crippen LogP contribution in [0.5, 0.6) is 0 Å². The molecule has 0 spiro atoms. The smallest absolute Gasteiger partial charge is 0.0865 e. The van der Waals surface area contributed by atoms with Gasteiger partial charge in [-0.15, -0.1) is 0 Å². The third-order valence-electron chi connectivity index (χ3n) is 4.20. The summed E-state index contributed by atoms with van der Waals surface area (Å²) in [6.45, 7) is 12.9. The SMILES string of the molecule is Cc1ccc(C2OCCCC2CNC(C)(C)C)cc1C. The van der Waals surface area contributed by atoms with Crippen LogP contribution in [-0.2, 0) is 4.74 Å². The lowest BCUT2D eigenvalue weighted by Gasteiger charge is -2.34. The van der Waals surface area contributed by atoms with Crippen molar-refractivity contribution in [2.45, 2.75) is 59.1 Å². The van der Waals surface area contributed by atoms with E-state index in [0.29, 0.717) is 5.92 Å². The minimum absolute atomic E-state index is 0.172. The quantitative estimate of drug-likeness (QED) is 0.894. The van der Waals surface area contributed by atoms with Crippen LogP contribution in [-0.4, -0.2) is 18.7 Å². The van der Waals surface area contributed by atoms with Gasteiger partial charge in [0.15, 0.2) is 0 Å². The molecule has 1 aliphatic heterocycles. The minimum atomic E-state index is 0.172. The lowest BCUT2D eigenvalue weighted by atomic mass is 9.87. The molecule has 1 aromatic rings. The Morgan fingerprint density at radius 1 is 1.20 bits per heavy atom. The topological polar surface area (TPSA) is 21.3 Å². The number of hydrogen-bond donors (Lipinski definition) is 1. The maximum atomic E-state index is 6.10. The molecule has 0 aromatic heterocycles. The second-order valence-corrected chi connectivity index (χ2v) is 7.17. The van der Waals surface area contributed by atoms with Crippen molar-refractivity contribution in [1.82, 2.24) is 5.32 Å². The number of ether oxygens (including phenoxy) is 1. The zero-order valence-electron chi connectivity index (χ0n) is 13.6. The Hall–Kier alpha value is -0.860. The van der Waals surface area contributed by atoms with Gasteiger partial charge in [-0.2, -0.15) is 0 Å². The van der Waals surface area contributed by atoms with Crippen LogP contribution < -0.4 is 5.32 Å². The van der Waals surface area contributed by atoms with E-state index < -0.39 is 0 Å². The Balaban J connectivity index is 2.11. The van der Waals surface area contributed by atoms with Gasteiger partial charge in [0.1, 0.15) is 0 Å². The van der Waals surface area contributed by atoms with Gasteiger partial charge in [0.2, 0.25) is 0 Å². The van der Waals surface area contributed by atoms with Crippen molar-refractivity contribution in [3.05, 3.63) is 34.9 Å². The predicted molar refractivity (Wildman–Crippen MR) is 85.1 cm³/mol. The first-order valence-corrected chi connectivity index (χ1v) is 7.80. The summed E-state index contributed by atoms with van der Waals surface area (Å²) in [6, 6.07) is 6.76. The summed E-state index contributed by atoms with van der Waals surface area (Å²) < 4.78 is 6.10. The van der Waals surface area contributed by atoms with Crippen LogP contribution in [0.3, 0.4) is 0 Å². The van der Waals surface area contributed by atoms with Crippen molar-refractivity contribution in [3.8, 4) is 0 Å². The number of hydrogen-bond acceptors (Lipinski definition) is 2. The molecule has 0 saturated carbocycles. The summed E-state index contributed by atoms with van der Waals surface area (Å²) in [4.78, 5) is 0. The summed E-state index contributed by atoms with van der Waals surface area (Å²) >= 11 is 0. The molecule has 0 radical (unpaired) electrons. The maximum Gasteiger partial charge on any atom is 0.0865 e. The predicted octanol–water partition coefficient (Wildman–Crippen LogP) is 4.16. The fraction of sp³-hybridized carbons (Fsp3) is 0.667. The molecule has 2 atom stereocenters. The van der Waals surface area contributed by atoms with Gasteiger partial charge in [0.05, 0.1) is 6.10 Å². The lowest BCUT2D eigenvalue weighted by molar-refractivity contribution is -0.0293. The van der Waals surface area contributed by atoms with Gasteiger partial charge < -0.3 is 10.1 Å². The van der Waals surface area contributed by atoms with Gasteiger partial charge in [0.25, 0.3) is 0 Å². The fourth-order valence-corrected chi connectivity index (χ4v) is 2.80. The first kappa shape index (κ1) is 15.5. The van der Waals surface area contributed by atoms with Gasteiger partial charge in [-0.25, -0.2) is 0 Å². The molecular formula is C18H29NO. The zero-order chi connectivity index (χ0) is 14.8. The van der Waals surface area contributed by atoms with Crippen molar-refractivity contribution in [2.24, 2.45) is 5.92 Å². The van der Waals surface area contributed by atoms with Crippen LogP contribution in [0.25, 0.3) is 0 Å². The van der Waals surface area contributed by atoms with Crippen LogP contribution in [0, 0.1) is 19.8 Å². The molecular weight excluding hydrogens is 246 g/mol. The number of benzene rings is 1. The maximum absolute atomic E-state index is 6.10. The summed E-state index contributed by atoms with van der Waals surface area (Å²) in [5, 5.41) is 3.64. The van der Waals surface area contributed by atoms with E-state index in [1.54, 1.807) is 0 Å². The van der Waals surface area contributed by atoms with E-state index in [0.717, 1.165) is 13.2 Å². The number of rotatable bonds is 3. The van der Waals surface area contributed by atoms with E-state index in [1.165, 1.54) is 29.5 Å². The van der Waals surface area contributed by atoms with Crippen molar-refractivity contribution in [3.63, 3.8) is 0 Å². The molecule has 1 fully saturated rings. The summed E-state index contributed by atoms with van der Waals surface area (Å²) in [5.41, 5.74) is 4.23. The summed E-state index contributed by atoms with van der Waals surface area (Å²) in [7, 11) is 0. The van der Waals surface area contributed by atoms with Crippen molar-refractivity contribution < 1.29 is 4.74 Å². The standard InChI is InChI=1S/C18H29NO/c1-13-8-9-15(11-14(13)2)17-16(7-6-10-20-17)12-19-18(3,4)5/h8-9,11,16-17,19H,6-7,10,12H2,1-5H3. The summed E-state index contributed by atoms with van der Waals surface area (Å²) in [6.07, 6.45) is 2.68. The highest BCUT2D eigenvalue weighted by molar-refractivity contribution is 5.31. The Morgan fingerprint density at radius 2 is 1.95 bits per heavy atom. The molecule has 0 bridgehead atoms. The molecule has 2 unspecified atom stereocenters. The van der Waals surface area contributed by atoms with Crippen LogP contribution in [0.15, 0.2) is 18.2 Å². The molecule has 2 heteroatoms. The molecule has 1 aromatic carbocycles. The van der Waals surface area contributed by atoms with E-state index >= 15 is 0 Å². The Labute approximate surface area is 123 Å². The molecule has 2 rings (SSSR count). The van der Waals surface area contributed by atoms with Gasteiger partial charge in [-0.05, 0) is 64.2 Å². The monoisotopic (exact) mass is 275 g/mol. The van der Waals surface area contributed by atoms with E-state index in [-0.39, 0.29) is 11.6 Å². The molecule has 2 nitrogen and oxygen atoms in total. The average molecular weight is 275 g/mol. The highest BCUT2D eigenvalue weighted by Crippen LogP contribution is 2.34. The van der Waals surface area contributed by atoms with E-state index in [2.05, 4.69) is 58.1 Å². The number of nitrogens with one attached hydrogen (secondary N) is 1. The molecule has 1 saturated heterocycles. The minimum Gasteiger partial charge on any atom is -0.373 e. The molecule has 1 aliphatic rings. The molecule has 20 heavy (non-hydrogen) atoms. The van der Waals surface area contributed by atoms with Crippen LogP contribution in [0.2, 0.25) is 0 Å². The van der Waals surface area contributed by atoms with Crippen LogP contribution >= 0.6 is 0 Å². The molecule has 112 valence electrons. The van der Waals surface area contributed by atoms with Crippen molar-refractivity contribution in [1.29, 1.82) is 0 Å². The van der Waals surface area contributed by atoms with E-state index in [9.17, 15) is 0 Å². The summed E-state index contributed by atoms with van der Waals surface area (Å²) in [5.74, 6) is 0.574. The largest absolute Gasteiger partial charge is 0.373 e. The highest BCUT2D eigenvalue weighted by Gasteiger charge is 2.28. The van der Waals surface area contributed by atoms with Gasteiger partial charge in [-0.3, -0.25) is 0 Å². The number of aryl methyl sites for hydroxylation is 2. The Bertz CT molecular complexity index is 447. The zero-order valence-corrected chi connectivity index (χ0v) is 13.6. The molecule has 0 amide bonds. The lowest BCUT2D eigenvalue weighted by Crippen LogP contribution is -2.41. The van der Waals surface area contributed by atoms with E-state index in [1.807, 2.05) is 0 Å². The van der Waals surface area contributed by atoms with Crippen LogP contribution in [0.1, 0.15) is 56.4 Å². The second kappa shape index (κ2) is 6.28. The molecule has 0 aliphatic carbocycles.